The number of aromatic nitrogens is 1. The summed E-state index contributed by atoms with van der Waals surface area (Å²) in [6, 6.07) is 5.19. The van der Waals surface area contributed by atoms with Crippen LogP contribution in [0.4, 0.5) is 4.39 Å². The lowest BCUT2D eigenvalue weighted by Gasteiger charge is -2.28. The highest BCUT2D eigenvalue weighted by molar-refractivity contribution is 5.89. The van der Waals surface area contributed by atoms with Gasteiger partial charge in [-0.2, -0.15) is 0 Å². The van der Waals surface area contributed by atoms with Crippen molar-refractivity contribution in [3.8, 4) is 0 Å². The van der Waals surface area contributed by atoms with Crippen molar-refractivity contribution in [2.24, 2.45) is 0 Å². The summed E-state index contributed by atoms with van der Waals surface area (Å²) < 4.78 is 14.0. The van der Waals surface area contributed by atoms with Crippen LogP contribution in [0, 0.1) is 12.4 Å². The second kappa shape index (κ2) is 5.69. The first-order valence-electron chi connectivity index (χ1n) is 7.93. The minimum atomic E-state index is -0.858. The molecular weight excluding hydrogens is 293 g/mol. The van der Waals surface area contributed by atoms with Crippen molar-refractivity contribution in [2.45, 2.75) is 51.1 Å². The van der Waals surface area contributed by atoms with Crippen LogP contribution in [0.3, 0.4) is 0 Å². The van der Waals surface area contributed by atoms with Crippen molar-refractivity contribution in [3.05, 3.63) is 46.7 Å². The fourth-order valence-corrected chi connectivity index (χ4v) is 3.01. The molecule has 2 N–H and O–H groups in total. The Balaban J connectivity index is 1.76. The molecule has 1 amide bonds. The third kappa shape index (κ3) is 2.70. The van der Waals surface area contributed by atoms with E-state index in [9.17, 15) is 9.18 Å². The highest BCUT2D eigenvalue weighted by Crippen LogP contribution is 2.36. The van der Waals surface area contributed by atoms with E-state index >= 15 is 0 Å². The van der Waals surface area contributed by atoms with Crippen molar-refractivity contribution >= 4 is 16.8 Å². The Bertz CT molecular complexity index is 796. The molecule has 1 aliphatic rings. The highest BCUT2D eigenvalue weighted by atomic mass is 19.1. The molecule has 1 aromatic carbocycles. The molecule has 1 aromatic heterocycles. The number of carbonyl (C=O) groups excluding carboxylic acids is 1. The van der Waals surface area contributed by atoms with Crippen molar-refractivity contribution in [3.63, 3.8) is 0 Å². The number of hydrogen-bond donors (Lipinski definition) is 2. The Hall–Kier alpha value is -2.35. The minimum absolute atomic E-state index is 0.114. The zero-order valence-electron chi connectivity index (χ0n) is 13.4. The molecule has 0 saturated heterocycles. The Morgan fingerprint density at radius 2 is 2.17 bits per heavy atom. The molecular formula is C18H20FN3O. The van der Waals surface area contributed by atoms with Crippen LogP contribution in [0.15, 0.2) is 18.2 Å². The van der Waals surface area contributed by atoms with E-state index in [1.54, 1.807) is 0 Å². The molecule has 0 radical (unpaired) electrons. The van der Waals surface area contributed by atoms with Crippen LogP contribution in [0.1, 0.15) is 50.3 Å². The summed E-state index contributed by atoms with van der Waals surface area (Å²) in [5.41, 5.74) is 1.50. The normalized spacial score (nSPS) is 16.1. The zero-order valence-corrected chi connectivity index (χ0v) is 13.4. The van der Waals surface area contributed by atoms with Crippen LogP contribution < -0.4 is 5.32 Å². The summed E-state index contributed by atoms with van der Waals surface area (Å²) in [5.74, 6) is -0.294. The van der Waals surface area contributed by atoms with Gasteiger partial charge in [0.25, 0.3) is 0 Å². The number of hydrogen-bond acceptors (Lipinski definition) is 1. The summed E-state index contributed by atoms with van der Waals surface area (Å²) in [6.07, 6.45) is 2.20. The molecule has 3 rings (SSSR count). The van der Waals surface area contributed by atoms with Gasteiger partial charge in [-0.3, -0.25) is 9.64 Å². The van der Waals surface area contributed by atoms with E-state index in [1.807, 2.05) is 26.0 Å². The van der Waals surface area contributed by atoms with Crippen LogP contribution in [0.2, 0.25) is 0 Å². The molecule has 5 heteroatoms. The number of carbonyl (C=O) groups is 1. The van der Waals surface area contributed by atoms with Crippen LogP contribution in [0.25, 0.3) is 15.7 Å². The third-order valence-corrected chi connectivity index (χ3v) is 4.67. The van der Waals surface area contributed by atoms with Gasteiger partial charge in [0.1, 0.15) is 5.82 Å². The number of aromatic amines is 1. The van der Waals surface area contributed by atoms with E-state index in [4.69, 9.17) is 6.57 Å². The first-order chi connectivity index (χ1) is 10.9. The van der Waals surface area contributed by atoms with Crippen LogP contribution in [0.5, 0.6) is 0 Å². The van der Waals surface area contributed by atoms with Crippen molar-refractivity contribution in [1.82, 2.24) is 10.3 Å². The Morgan fingerprint density at radius 1 is 1.43 bits per heavy atom. The molecule has 23 heavy (non-hydrogen) atoms. The molecule has 1 heterocycles. The predicted molar refractivity (Wildman–Crippen MR) is 87.4 cm³/mol. The maximum Gasteiger partial charge on any atom is 0.308 e. The monoisotopic (exact) mass is 313 g/mol. The fourth-order valence-electron chi connectivity index (χ4n) is 3.01. The topological polar surface area (TPSA) is 49.2 Å². The number of rotatable bonds is 4. The maximum atomic E-state index is 14.0. The van der Waals surface area contributed by atoms with Crippen molar-refractivity contribution < 1.29 is 9.18 Å². The number of amides is 1. The number of nitrogens with one attached hydrogen (secondary N) is 2. The van der Waals surface area contributed by atoms with Crippen molar-refractivity contribution in [2.75, 3.05) is 0 Å². The number of benzene rings is 1. The molecule has 0 atom stereocenters. The van der Waals surface area contributed by atoms with Gasteiger partial charge < -0.3 is 10.3 Å². The van der Waals surface area contributed by atoms with Gasteiger partial charge in [0.15, 0.2) is 0 Å². The summed E-state index contributed by atoms with van der Waals surface area (Å²) >= 11 is 0. The lowest BCUT2D eigenvalue weighted by molar-refractivity contribution is -0.127. The summed E-state index contributed by atoms with van der Waals surface area (Å²) in [5, 5.41) is 3.62. The lowest BCUT2D eigenvalue weighted by atomic mass is 9.77. The molecule has 120 valence electrons. The molecule has 1 saturated carbocycles. The highest BCUT2D eigenvalue weighted by Gasteiger charge is 2.51. The standard InChI is InChI=1S/C18H20FN3O/c1-11(2)14-9-16-12(8-15(14)19)7-13(22-16)10-21-17(23)18(20-3)5-4-6-18/h7-9,11,22H,4-6,10H2,1-2H3,(H,21,23). The first kappa shape index (κ1) is 15.5. The fraction of sp³-hybridized carbons (Fsp3) is 0.444. The van der Waals surface area contributed by atoms with Crippen LogP contribution in [-0.2, 0) is 11.3 Å². The molecule has 2 aromatic rings. The van der Waals surface area contributed by atoms with Crippen LogP contribution in [-0.4, -0.2) is 16.4 Å². The number of nitrogens with zero attached hydrogens (tertiary/aromatic N) is 1. The van der Waals surface area contributed by atoms with Gasteiger partial charge in [-0.15, -0.1) is 0 Å². The van der Waals surface area contributed by atoms with E-state index in [0.29, 0.717) is 24.9 Å². The summed E-state index contributed by atoms with van der Waals surface area (Å²) in [4.78, 5) is 18.9. The average Bonchev–Trinajstić information content (AvgIpc) is 2.85. The van der Waals surface area contributed by atoms with Gasteiger partial charge >= 0.3 is 11.4 Å². The van der Waals surface area contributed by atoms with Crippen molar-refractivity contribution in [1.29, 1.82) is 0 Å². The first-order valence-corrected chi connectivity index (χ1v) is 7.93. The smallest absolute Gasteiger partial charge is 0.308 e. The minimum Gasteiger partial charge on any atom is -0.357 e. The number of halogens is 1. The third-order valence-electron chi connectivity index (χ3n) is 4.67. The predicted octanol–water partition coefficient (Wildman–Crippen LogP) is 3.89. The molecule has 0 aliphatic heterocycles. The van der Waals surface area contributed by atoms with Gasteiger partial charge in [0.05, 0.1) is 6.54 Å². The van der Waals surface area contributed by atoms with E-state index in [-0.39, 0.29) is 17.6 Å². The molecule has 0 spiro atoms. The summed E-state index contributed by atoms with van der Waals surface area (Å²) in [6.45, 7) is 11.4. The second-order valence-electron chi connectivity index (χ2n) is 6.59. The largest absolute Gasteiger partial charge is 0.357 e. The van der Waals surface area contributed by atoms with Gasteiger partial charge in [0.2, 0.25) is 0 Å². The molecule has 1 aliphatic carbocycles. The molecule has 0 bridgehead atoms. The van der Waals surface area contributed by atoms with Gasteiger partial charge in [-0.25, -0.2) is 11.0 Å². The van der Waals surface area contributed by atoms with E-state index < -0.39 is 5.54 Å². The average molecular weight is 313 g/mol. The van der Waals surface area contributed by atoms with E-state index in [2.05, 4.69) is 15.1 Å². The second-order valence-corrected chi connectivity index (χ2v) is 6.59. The van der Waals surface area contributed by atoms with E-state index in [0.717, 1.165) is 23.0 Å². The van der Waals surface area contributed by atoms with Gasteiger partial charge in [-0.05, 0) is 36.1 Å². The number of H-pyrrole nitrogens is 1. The van der Waals surface area contributed by atoms with Gasteiger partial charge in [-0.1, -0.05) is 13.8 Å². The SMILES string of the molecule is [C-]#[N+]C1(C(=O)NCc2cc3cc(F)c(C(C)C)cc3[nH]2)CCC1. The molecule has 0 unspecified atom stereocenters. The Kier molecular flexibility index (Phi) is 3.85. The quantitative estimate of drug-likeness (QED) is 0.827. The number of fused-ring (bicyclic) bond motifs is 1. The van der Waals surface area contributed by atoms with Gasteiger partial charge in [0, 0.05) is 29.4 Å². The molecule has 1 fully saturated rings. The lowest BCUT2D eigenvalue weighted by Crippen LogP contribution is -2.48. The Morgan fingerprint density at radius 3 is 2.74 bits per heavy atom. The molecule has 4 nitrogen and oxygen atoms in total. The summed E-state index contributed by atoms with van der Waals surface area (Å²) in [7, 11) is 0. The van der Waals surface area contributed by atoms with Crippen LogP contribution >= 0.6 is 0 Å². The zero-order chi connectivity index (χ0) is 16.6. The maximum absolute atomic E-state index is 14.0. The van der Waals surface area contributed by atoms with E-state index in [1.165, 1.54) is 6.07 Å². The Labute approximate surface area is 134 Å².